The van der Waals surface area contributed by atoms with Gasteiger partial charge in [0.25, 0.3) is 0 Å². The molecular weight excluding hydrogens is 639 g/mol. The van der Waals surface area contributed by atoms with E-state index in [1.165, 1.54) is 0 Å². The first-order chi connectivity index (χ1) is 20.9. The van der Waals surface area contributed by atoms with Crippen LogP contribution in [-0.4, -0.2) is 41.5 Å². The molecule has 0 aliphatic rings. The van der Waals surface area contributed by atoms with Gasteiger partial charge in [-0.3, -0.25) is 0 Å². The number of rotatable bonds is 16. The number of carbonyl (C=O) groups excluding carboxylic acids is 4. The van der Waals surface area contributed by atoms with Gasteiger partial charge in [0.15, 0.2) is 0 Å². The summed E-state index contributed by atoms with van der Waals surface area (Å²) in [6.45, 7) is 4.16. The zero-order valence-electron chi connectivity index (χ0n) is 25.1. The molecule has 0 spiro atoms. The Hall–Kier alpha value is -3.64. The molecule has 4 aromatic carbocycles. The number of Topliss-reactive ketones (excluding diaryl/α,β-unsaturated/α-hetero) is 4. The number of benzene rings is 4. The van der Waals surface area contributed by atoms with Crippen LogP contribution in [0.2, 0.25) is 16.7 Å². The Morgan fingerprint density at radius 3 is 0.884 bits per heavy atom. The number of carbonyl (C=O) groups is 4. The molecule has 0 saturated heterocycles. The second kappa shape index (κ2) is 15.7. The summed E-state index contributed by atoms with van der Waals surface area (Å²) >= 11 is -4.61. The van der Waals surface area contributed by atoms with Crippen LogP contribution in [0.1, 0.15) is 81.0 Å². The number of unbranched alkanes of at least 4 members (excludes halogenated alkanes) is 2. The second-order valence-electron chi connectivity index (χ2n) is 11.2. The maximum absolute atomic E-state index is 14.8. The zero-order valence-corrected chi connectivity index (χ0v) is 27.9. The fraction of sp³-hybridized carbons (Fsp3) is 0.263. The van der Waals surface area contributed by atoms with Gasteiger partial charge in [0.2, 0.25) is 0 Å². The van der Waals surface area contributed by atoms with E-state index in [4.69, 9.17) is 0 Å². The van der Waals surface area contributed by atoms with Crippen LogP contribution < -0.4 is 0 Å². The number of ketones is 4. The van der Waals surface area contributed by atoms with Gasteiger partial charge in [-0.2, -0.15) is 0 Å². The molecule has 0 unspecified atom stereocenters. The van der Waals surface area contributed by atoms with E-state index in [1.54, 1.807) is 97.1 Å². The predicted molar refractivity (Wildman–Crippen MR) is 176 cm³/mol. The molecule has 0 radical (unpaired) electrons. The molecule has 0 saturated carbocycles. The van der Waals surface area contributed by atoms with Crippen molar-refractivity contribution >= 4 is 41.5 Å². The zero-order chi connectivity index (χ0) is 30.7. The van der Waals surface area contributed by atoms with E-state index in [1.807, 2.05) is 24.3 Å². The molecule has 220 valence electrons. The van der Waals surface area contributed by atoms with E-state index in [9.17, 15) is 19.2 Å². The molecule has 5 heteroatoms. The van der Waals surface area contributed by atoms with E-state index >= 15 is 0 Å². The monoisotopic (exact) mass is 680 g/mol. The Bertz CT molecular complexity index is 1280. The molecule has 0 aromatic heterocycles. The summed E-state index contributed by atoms with van der Waals surface area (Å²) in [5.74, 6) is -1.04. The van der Waals surface area contributed by atoms with Crippen molar-refractivity contribution in [3.05, 3.63) is 144 Å². The topological polar surface area (TPSA) is 68.3 Å². The molecule has 0 bridgehead atoms. The molecule has 0 heterocycles. The van der Waals surface area contributed by atoms with Crippen LogP contribution in [0.3, 0.4) is 0 Å². The first kappa shape index (κ1) is 32.3. The Kier molecular flexibility index (Phi) is 11.8. The van der Waals surface area contributed by atoms with Gasteiger partial charge in [-0.25, -0.2) is 0 Å². The Morgan fingerprint density at radius 2 is 0.674 bits per heavy atom. The summed E-state index contributed by atoms with van der Waals surface area (Å²) < 4.78 is -0.867. The standard InChI is InChI=1S/2C15H11O2.2C4H9.Sn/c2*16-14(12-7-3-1-4-8-12)11-15(17)13-9-5-2-6-10-13;2*1-3-4-2;/h2*1-11H;2*1,3-4H2,2H3;. The normalized spacial score (nSPS) is 11.4. The molecule has 43 heavy (non-hydrogen) atoms. The average molecular weight is 679 g/mol. The Labute approximate surface area is 259 Å². The molecule has 0 amide bonds. The molecular formula is C38H40O4Sn. The van der Waals surface area contributed by atoms with E-state index in [-0.39, 0.29) is 23.1 Å². The van der Waals surface area contributed by atoms with Gasteiger partial charge >= 0.3 is 261 Å². The second-order valence-corrected chi connectivity index (χ2v) is 24.4. The minimum atomic E-state index is -4.61. The van der Waals surface area contributed by atoms with Crippen LogP contribution in [-0.2, 0) is 0 Å². The Morgan fingerprint density at radius 1 is 0.442 bits per heavy atom. The third-order valence-corrected chi connectivity index (χ3v) is 25.3. The molecule has 0 aliphatic heterocycles. The van der Waals surface area contributed by atoms with Gasteiger partial charge in [-0.05, 0) is 0 Å². The summed E-state index contributed by atoms with van der Waals surface area (Å²) in [6.07, 6.45) is 3.17. The molecule has 0 aliphatic carbocycles. The molecule has 0 atom stereocenters. The van der Waals surface area contributed by atoms with Crippen molar-refractivity contribution in [2.45, 2.75) is 56.3 Å². The summed E-state index contributed by atoms with van der Waals surface area (Å²) in [5, 5.41) is 0. The molecule has 0 N–H and O–H groups in total. The van der Waals surface area contributed by atoms with Crippen molar-refractivity contribution in [3.63, 3.8) is 0 Å². The van der Waals surface area contributed by atoms with Gasteiger partial charge in [0.1, 0.15) is 0 Å². The first-order valence-electron chi connectivity index (χ1n) is 15.3. The fourth-order valence-electron chi connectivity index (χ4n) is 6.24. The summed E-state index contributed by atoms with van der Waals surface area (Å²) in [5.41, 5.74) is 1.79. The van der Waals surface area contributed by atoms with Gasteiger partial charge in [0.05, 0.1) is 0 Å². The van der Waals surface area contributed by atoms with E-state index in [0.29, 0.717) is 31.1 Å². The summed E-state index contributed by atoms with van der Waals surface area (Å²) in [4.78, 5) is 59.1. The predicted octanol–water partition coefficient (Wildman–Crippen LogP) is 9.31. The number of hydrogen-bond acceptors (Lipinski definition) is 4. The van der Waals surface area contributed by atoms with E-state index in [2.05, 4.69) is 13.8 Å². The van der Waals surface area contributed by atoms with Crippen LogP contribution in [0, 0.1) is 0 Å². The third-order valence-electron chi connectivity index (χ3n) is 8.42. The average Bonchev–Trinajstić information content (AvgIpc) is 3.07. The fourth-order valence-corrected chi connectivity index (χ4v) is 24.8. The molecule has 4 aromatic rings. The van der Waals surface area contributed by atoms with E-state index < -0.39 is 26.2 Å². The summed E-state index contributed by atoms with van der Waals surface area (Å²) in [6, 6.07) is 35.7. The third kappa shape index (κ3) is 7.48. The van der Waals surface area contributed by atoms with Crippen LogP contribution in [0.25, 0.3) is 0 Å². The maximum atomic E-state index is 14.8. The first-order valence-corrected chi connectivity index (χ1v) is 22.6. The van der Waals surface area contributed by atoms with Gasteiger partial charge in [-0.1, -0.05) is 0 Å². The minimum absolute atomic E-state index is 0.260. The van der Waals surface area contributed by atoms with Crippen molar-refractivity contribution < 1.29 is 19.2 Å². The van der Waals surface area contributed by atoms with Crippen molar-refractivity contribution in [1.82, 2.24) is 0 Å². The van der Waals surface area contributed by atoms with Crippen LogP contribution in [0.15, 0.2) is 121 Å². The Balaban J connectivity index is 2.06. The van der Waals surface area contributed by atoms with Crippen LogP contribution in [0.5, 0.6) is 0 Å². The van der Waals surface area contributed by atoms with Crippen molar-refractivity contribution in [1.29, 1.82) is 0 Å². The van der Waals surface area contributed by atoms with Crippen LogP contribution >= 0.6 is 0 Å². The SMILES string of the molecule is CCC[CH2][Sn]([CH2]CCC)([CH](C(=O)c1ccccc1)C(=O)c1ccccc1)[CH](C(=O)c1ccccc1)C(=O)c1ccccc1. The number of hydrogen-bond donors (Lipinski definition) is 0. The molecule has 4 nitrogen and oxygen atoms in total. The van der Waals surface area contributed by atoms with Gasteiger partial charge in [0, 0.05) is 0 Å². The van der Waals surface area contributed by atoms with Crippen molar-refractivity contribution in [2.24, 2.45) is 0 Å². The van der Waals surface area contributed by atoms with Gasteiger partial charge < -0.3 is 0 Å². The molecule has 4 rings (SSSR count). The molecule has 0 fully saturated rings. The van der Waals surface area contributed by atoms with Gasteiger partial charge in [-0.15, -0.1) is 0 Å². The summed E-state index contributed by atoms with van der Waals surface area (Å²) in [7, 11) is 0. The van der Waals surface area contributed by atoms with E-state index in [0.717, 1.165) is 25.7 Å². The quantitative estimate of drug-likeness (QED) is 0.0673. The van der Waals surface area contributed by atoms with Crippen molar-refractivity contribution in [2.75, 3.05) is 0 Å². The van der Waals surface area contributed by atoms with Crippen LogP contribution in [0.4, 0.5) is 0 Å². The van der Waals surface area contributed by atoms with Crippen molar-refractivity contribution in [3.8, 4) is 0 Å².